The van der Waals surface area contributed by atoms with Crippen molar-refractivity contribution in [1.29, 1.82) is 0 Å². The molecular weight excluding hydrogens is 224 g/mol. The van der Waals surface area contributed by atoms with E-state index in [9.17, 15) is 0 Å². The Bertz CT molecular complexity index is 196. The molecule has 0 aromatic rings. The smallest absolute Gasteiger partial charge is 0.0616 e. The molecular formula is C13H25ClO2. The second-order valence-electron chi connectivity index (χ2n) is 5.30. The third-order valence-corrected chi connectivity index (χ3v) is 4.21. The summed E-state index contributed by atoms with van der Waals surface area (Å²) < 4.78 is 11.3. The SMILES string of the molecule is CC(C)CCOCCC1(CCl)CCOC1C. The van der Waals surface area contributed by atoms with Gasteiger partial charge in [-0.2, -0.15) is 0 Å². The molecule has 0 aliphatic carbocycles. The van der Waals surface area contributed by atoms with Gasteiger partial charge in [-0.25, -0.2) is 0 Å². The number of hydrogen-bond donors (Lipinski definition) is 0. The van der Waals surface area contributed by atoms with Crippen LogP contribution in [0.4, 0.5) is 0 Å². The first-order chi connectivity index (χ1) is 7.60. The normalized spacial score (nSPS) is 30.2. The first-order valence-electron chi connectivity index (χ1n) is 6.36. The molecule has 1 fully saturated rings. The third-order valence-electron chi connectivity index (χ3n) is 3.68. The average molecular weight is 249 g/mol. The highest BCUT2D eigenvalue weighted by Gasteiger charge is 2.40. The van der Waals surface area contributed by atoms with Gasteiger partial charge in [0.2, 0.25) is 0 Å². The number of ether oxygens (including phenoxy) is 2. The molecule has 0 aromatic heterocycles. The fourth-order valence-corrected chi connectivity index (χ4v) is 2.57. The number of rotatable bonds is 7. The van der Waals surface area contributed by atoms with Crippen LogP contribution >= 0.6 is 11.6 Å². The summed E-state index contributed by atoms with van der Waals surface area (Å²) in [5, 5.41) is 0. The Morgan fingerprint density at radius 3 is 2.69 bits per heavy atom. The van der Waals surface area contributed by atoms with Crippen molar-refractivity contribution in [3.05, 3.63) is 0 Å². The van der Waals surface area contributed by atoms with Crippen molar-refractivity contribution >= 4 is 11.6 Å². The molecule has 2 unspecified atom stereocenters. The van der Waals surface area contributed by atoms with Gasteiger partial charge in [0, 0.05) is 31.1 Å². The van der Waals surface area contributed by atoms with Crippen molar-refractivity contribution < 1.29 is 9.47 Å². The van der Waals surface area contributed by atoms with Gasteiger partial charge in [0.25, 0.3) is 0 Å². The van der Waals surface area contributed by atoms with E-state index in [0.717, 1.165) is 45.0 Å². The van der Waals surface area contributed by atoms with E-state index in [2.05, 4.69) is 20.8 Å². The van der Waals surface area contributed by atoms with Gasteiger partial charge < -0.3 is 9.47 Å². The lowest BCUT2D eigenvalue weighted by Gasteiger charge is -2.29. The molecule has 1 saturated heterocycles. The lowest BCUT2D eigenvalue weighted by molar-refractivity contribution is 0.0417. The van der Waals surface area contributed by atoms with Gasteiger partial charge in [-0.3, -0.25) is 0 Å². The molecule has 0 saturated carbocycles. The first-order valence-corrected chi connectivity index (χ1v) is 6.89. The Labute approximate surface area is 105 Å². The van der Waals surface area contributed by atoms with Crippen LogP contribution in [0.2, 0.25) is 0 Å². The van der Waals surface area contributed by atoms with Crippen LogP contribution in [-0.4, -0.2) is 31.8 Å². The Hall–Kier alpha value is 0.210. The van der Waals surface area contributed by atoms with Gasteiger partial charge in [0.15, 0.2) is 0 Å². The zero-order valence-corrected chi connectivity index (χ0v) is 11.6. The van der Waals surface area contributed by atoms with E-state index in [0.29, 0.717) is 5.88 Å². The Morgan fingerprint density at radius 2 is 2.19 bits per heavy atom. The second-order valence-corrected chi connectivity index (χ2v) is 5.57. The van der Waals surface area contributed by atoms with Gasteiger partial charge in [-0.05, 0) is 32.1 Å². The Kier molecular flexibility index (Phi) is 6.09. The van der Waals surface area contributed by atoms with E-state index in [4.69, 9.17) is 21.1 Å². The quantitative estimate of drug-likeness (QED) is 0.507. The van der Waals surface area contributed by atoms with Gasteiger partial charge in [0.1, 0.15) is 0 Å². The fraction of sp³-hybridized carbons (Fsp3) is 1.00. The highest BCUT2D eigenvalue weighted by Crippen LogP contribution is 2.39. The van der Waals surface area contributed by atoms with Crippen LogP contribution in [0.25, 0.3) is 0 Å². The minimum atomic E-state index is 0.152. The lowest BCUT2D eigenvalue weighted by Crippen LogP contribution is -2.32. The summed E-state index contributed by atoms with van der Waals surface area (Å²) in [6.45, 7) is 9.09. The zero-order valence-electron chi connectivity index (χ0n) is 10.8. The lowest BCUT2D eigenvalue weighted by atomic mass is 9.81. The molecule has 1 aliphatic rings. The van der Waals surface area contributed by atoms with E-state index >= 15 is 0 Å². The summed E-state index contributed by atoms with van der Waals surface area (Å²) in [6, 6.07) is 0. The predicted molar refractivity (Wildman–Crippen MR) is 68.1 cm³/mol. The molecule has 0 amide bonds. The fourth-order valence-electron chi connectivity index (χ4n) is 2.09. The van der Waals surface area contributed by atoms with Crippen LogP contribution in [0.15, 0.2) is 0 Å². The maximum absolute atomic E-state index is 6.09. The summed E-state index contributed by atoms with van der Waals surface area (Å²) in [4.78, 5) is 0. The van der Waals surface area contributed by atoms with Crippen molar-refractivity contribution in [2.45, 2.75) is 46.1 Å². The topological polar surface area (TPSA) is 18.5 Å². The number of alkyl halides is 1. The van der Waals surface area contributed by atoms with Crippen molar-refractivity contribution in [2.75, 3.05) is 25.7 Å². The van der Waals surface area contributed by atoms with Crippen LogP contribution in [-0.2, 0) is 9.47 Å². The van der Waals surface area contributed by atoms with Crippen LogP contribution in [0, 0.1) is 11.3 Å². The maximum atomic E-state index is 6.09. The van der Waals surface area contributed by atoms with Gasteiger partial charge in [-0.15, -0.1) is 11.6 Å². The molecule has 3 heteroatoms. The van der Waals surface area contributed by atoms with E-state index in [1.54, 1.807) is 0 Å². The Morgan fingerprint density at radius 1 is 1.44 bits per heavy atom. The standard InChI is InChI=1S/C13H25ClO2/c1-11(2)4-7-15-8-5-13(10-14)6-9-16-12(13)3/h11-12H,4-10H2,1-3H3. The summed E-state index contributed by atoms with van der Waals surface area (Å²) in [6.07, 6.45) is 3.51. The highest BCUT2D eigenvalue weighted by molar-refractivity contribution is 6.18. The van der Waals surface area contributed by atoms with Crippen LogP contribution < -0.4 is 0 Å². The van der Waals surface area contributed by atoms with Crippen molar-refractivity contribution in [3.8, 4) is 0 Å². The minimum Gasteiger partial charge on any atom is -0.381 e. The van der Waals surface area contributed by atoms with E-state index in [-0.39, 0.29) is 11.5 Å². The first kappa shape index (κ1) is 14.3. The molecule has 0 aromatic carbocycles. The molecule has 0 N–H and O–H groups in total. The molecule has 2 nitrogen and oxygen atoms in total. The van der Waals surface area contributed by atoms with Crippen molar-refractivity contribution in [2.24, 2.45) is 11.3 Å². The second kappa shape index (κ2) is 6.83. The largest absolute Gasteiger partial charge is 0.381 e. The monoisotopic (exact) mass is 248 g/mol. The van der Waals surface area contributed by atoms with Crippen LogP contribution in [0.3, 0.4) is 0 Å². The van der Waals surface area contributed by atoms with Gasteiger partial charge in [-0.1, -0.05) is 13.8 Å². The summed E-state index contributed by atoms with van der Waals surface area (Å²) in [5.74, 6) is 1.40. The molecule has 0 radical (unpaired) electrons. The van der Waals surface area contributed by atoms with E-state index < -0.39 is 0 Å². The third kappa shape index (κ3) is 3.90. The van der Waals surface area contributed by atoms with E-state index in [1.807, 2.05) is 0 Å². The van der Waals surface area contributed by atoms with Gasteiger partial charge in [0.05, 0.1) is 6.10 Å². The molecule has 0 spiro atoms. The molecule has 1 rings (SSSR count). The average Bonchev–Trinajstić information content (AvgIpc) is 2.60. The van der Waals surface area contributed by atoms with Crippen molar-refractivity contribution in [1.82, 2.24) is 0 Å². The molecule has 1 heterocycles. The summed E-state index contributed by atoms with van der Waals surface area (Å²) in [7, 11) is 0. The predicted octanol–water partition coefficient (Wildman–Crippen LogP) is 3.47. The van der Waals surface area contributed by atoms with Crippen molar-refractivity contribution in [3.63, 3.8) is 0 Å². The van der Waals surface area contributed by atoms with Crippen LogP contribution in [0.1, 0.15) is 40.0 Å². The van der Waals surface area contributed by atoms with Gasteiger partial charge >= 0.3 is 0 Å². The maximum Gasteiger partial charge on any atom is 0.0616 e. The summed E-state index contributed by atoms with van der Waals surface area (Å²) >= 11 is 6.09. The number of hydrogen-bond acceptors (Lipinski definition) is 2. The van der Waals surface area contributed by atoms with Crippen LogP contribution in [0.5, 0.6) is 0 Å². The Balaban J connectivity index is 2.19. The zero-order chi connectivity index (χ0) is 12.0. The highest BCUT2D eigenvalue weighted by atomic mass is 35.5. The number of halogens is 1. The molecule has 1 aliphatic heterocycles. The molecule has 0 bridgehead atoms. The summed E-state index contributed by atoms with van der Waals surface area (Å²) in [5.41, 5.74) is 0.152. The van der Waals surface area contributed by atoms with E-state index in [1.165, 1.54) is 0 Å². The molecule has 16 heavy (non-hydrogen) atoms. The minimum absolute atomic E-state index is 0.152. The molecule has 96 valence electrons. The molecule has 2 atom stereocenters.